The normalized spacial score (nSPS) is 18.9. The summed E-state index contributed by atoms with van der Waals surface area (Å²) in [6.07, 6.45) is 1.70. The maximum absolute atomic E-state index is 8.79. The molecule has 1 aliphatic rings. The van der Waals surface area contributed by atoms with Crippen LogP contribution in [0.25, 0.3) is 0 Å². The molecule has 0 radical (unpaired) electrons. The predicted molar refractivity (Wildman–Crippen MR) is 71.0 cm³/mol. The van der Waals surface area contributed by atoms with E-state index in [-0.39, 0.29) is 5.41 Å². The first-order valence-electron chi connectivity index (χ1n) is 6.25. The Morgan fingerprint density at radius 3 is 2.71 bits per heavy atom. The molecule has 1 atom stereocenters. The summed E-state index contributed by atoms with van der Waals surface area (Å²) in [7, 11) is 0. The maximum Gasteiger partial charge on any atom is 0.0640 e. The minimum atomic E-state index is 0.245. The molecule has 1 unspecified atom stereocenters. The lowest BCUT2D eigenvalue weighted by Crippen LogP contribution is -2.42. The number of benzene rings is 1. The third-order valence-electron chi connectivity index (χ3n) is 3.55. The molecule has 90 valence electrons. The Morgan fingerprint density at radius 1 is 1.35 bits per heavy atom. The average molecular weight is 228 g/mol. The van der Waals surface area contributed by atoms with E-state index in [0.29, 0.717) is 12.5 Å². The Balaban J connectivity index is 2.31. The molecule has 0 aromatic heterocycles. The van der Waals surface area contributed by atoms with Gasteiger partial charge in [-0.3, -0.25) is 0 Å². The first-order valence-corrected chi connectivity index (χ1v) is 6.25. The smallest absolute Gasteiger partial charge is 0.0640 e. The van der Waals surface area contributed by atoms with Gasteiger partial charge in [0.2, 0.25) is 0 Å². The van der Waals surface area contributed by atoms with Crippen LogP contribution in [0, 0.1) is 16.7 Å². The van der Waals surface area contributed by atoms with Crippen molar-refractivity contribution in [3.8, 4) is 6.07 Å². The van der Waals surface area contributed by atoms with Crippen LogP contribution >= 0.6 is 0 Å². The summed E-state index contributed by atoms with van der Waals surface area (Å²) in [4.78, 5) is 2.42. The van der Waals surface area contributed by atoms with Crippen LogP contribution in [-0.2, 0) is 6.42 Å². The van der Waals surface area contributed by atoms with E-state index in [1.807, 2.05) is 0 Å². The van der Waals surface area contributed by atoms with Crippen LogP contribution in [0.15, 0.2) is 24.3 Å². The summed E-state index contributed by atoms with van der Waals surface area (Å²) in [5.41, 5.74) is 2.99. The molecule has 0 saturated carbocycles. The Morgan fingerprint density at radius 2 is 2.06 bits per heavy atom. The largest absolute Gasteiger partial charge is 0.366 e. The van der Waals surface area contributed by atoms with Crippen LogP contribution in [0.1, 0.15) is 32.8 Å². The fourth-order valence-corrected chi connectivity index (χ4v) is 2.67. The predicted octanol–water partition coefficient (Wildman–Crippen LogP) is 3.38. The topological polar surface area (TPSA) is 27.0 Å². The van der Waals surface area contributed by atoms with Gasteiger partial charge in [-0.25, -0.2) is 0 Å². The van der Waals surface area contributed by atoms with E-state index in [1.54, 1.807) is 0 Å². The molecule has 1 aromatic carbocycles. The molecule has 1 aliphatic heterocycles. The standard InChI is InChI=1S/C15H20N2/c1-15(2,3)14-11-12-7-4-5-8-13(12)17(14)10-6-9-16/h4-5,7-8,14H,6,10-11H2,1-3H3. The van der Waals surface area contributed by atoms with Crippen LogP contribution in [0.4, 0.5) is 5.69 Å². The van der Waals surface area contributed by atoms with Crippen molar-refractivity contribution in [2.75, 3.05) is 11.4 Å². The third-order valence-corrected chi connectivity index (χ3v) is 3.55. The fraction of sp³-hybridized carbons (Fsp3) is 0.533. The number of hydrogen-bond acceptors (Lipinski definition) is 2. The molecule has 0 spiro atoms. The second-order valence-corrected chi connectivity index (χ2v) is 5.82. The quantitative estimate of drug-likeness (QED) is 0.776. The average Bonchev–Trinajstić information content (AvgIpc) is 2.65. The molecule has 2 rings (SSSR count). The van der Waals surface area contributed by atoms with Crippen LogP contribution < -0.4 is 4.90 Å². The maximum atomic E-state index is 8.79. The number of fused-ring (bicyclic) bond motifs is 1. The molecule has 0 aliphatic carbocycles. The van der Waals surface area contributed by atoms with Crippen molar-refractivity contribution in [3.63, 3.8) is 0 Å². The van der Waals surface area contributed by atoms with Gasteiger partial charge < -0.3 is 4.90 Å². The molecule has 2 heteroatoms. The second-order valence-electron chi connectivity index (χ2n) is 5.82. The van der Waals surface area contributed by atoms with Gasteiger partial charge in [0.25, 0.3) is 0 Å². The van der Waals surface area contributed by atoms with Gasteiger partial charge in [-0.05, 0) is 23.5 Å². The van der Waals surface area contributed by atoms with Crippen molar-refractivity contribution in [1.29, 1.82) is 5.26 Å². The summed E-state index contributed by atoms with van der Waals surface area (Å²) >= 11 is 0. The lowest BCUT2D eigenvalue weighted by molar-refractivity contribution is 0.312. The van der Waals surface area contributed by atoms with E-state index in [2.05, 4.69) is 56.0 Å². The van der Waals surface area contributed by atoms with Crippen molar-refractivity contribution in [3.05, 3.63) is 29.8 Å². The lowest BCUT2D eigenvalue weighted by atomic mass is 9.84. The van der Waals surface area contributed by atoms with E-state index in [4.69, 9.17) is 5.26 Å². The van der Waals surface area contributed by atoms with Crippen molar-refractivity contribution in [2.24, 2.45) is 5.41 Å². The van der Waals surface area contributed by atoms with Crippen LogP contribution in [-0.4, -0.2) is 12.6 Å². The summed E-state index contributed by atoms with van der Waals surface area (Å²) in [6, 6.07) is 11.3. The SMILES string of the molecule is CC(C)(C)C1Cc2ccccc2N1CCC#N. The van der Waals surface area contributed by atoms with E-state index in [1.165, 1.54) is 11.3 Å². The highest BCUT2D eigenvalue weighted by Crippen LogP contribution is 2.39. The Kier molecular flexibility index (Phi) is 3.11. The van der Waals surface area contributed by atoms with E-state index < -0.39 is 0 Å². The summed E-state index contributed by atoms with van der Waals surface area (Å²) in [5, 5.41) is 8.79. The summed E-state index contributed by atoms with van der Waals surface area (Å²) < 4.78 is 0. The molecular weight excluding hydrogens is 208 g/mol. The van der Waals surface area contributed by atoms with Crippen molar-refractivity contribution >= 4 is 5.69 Å². The first kappa shape index (κ1) is 12.0. The molecule has 0 amide bonds. The number of rotatable bonds is 2. The molecule has 2 nitrogen and oxygen atoms in total. The van der Waals surface area contributed by atoms with Gasteiger partial charge in [0.1, 0.15) is 0 Å². The number of nitriles is 1. The van der Waals surface area contributed by atoms with E-state index in [0.717, 1.165) is 13.0 Å². The summed E-state index contributed by atoms with van der Waals surface area (Å²) in [6.45, 7) is 7.68. The van der Waals surface area contributed by atoms with Crippen LogP contribution in [0.3, 0.4) is 0 Å². The highest BCUT2D eigenvalue weighted by Gasteiger charge is 2.36. The van der Waals surface area contributed by atoms with Gasteiger partial charge in [0.05, 0.1) is 12.5 Å². The van der Waals surface area contributed by atoms with Crippen molar-refractivity contribution in [1.82, 2.24) is 0 Å². The fourth-order valence-electron chi connectivity index (χ4n) is 2.67. The van der Waals surface area contributed by atoms with Crippen molar-refractivity contribution in [2.45, 2.75) is 39.7 Å². The Hall–Kier alpha value is -1.49. The van der Waals surface area contributed by atoms with Gasteiger partial charge in [-0.2, -0.15) is 5.26 Å². The van der Waals surface area contributed by atoms with Gasteiger partial charge in [0.15, 0.2) is 0 Å². The van der Waals surface area contributed by atoms with E-state index >= 15 is 0 Å². The van der Waals surface area contributed by atoms with Gasteiger partial charge in [0, 0.05) is 18.3 Å². The number of nitrogens with zero attached hydrogens (tertiary/aromatic N) is 2. The second kappa shape index (κ2) is 4.41. The third kappa shape index (κ3) is 2.29. The minimum Gasteiger partial charge on any atom is -0.366 e. The monoisotopic (exact) mass is 228 g/mol. The lowest BCUT2D eigenvalue weighted by Gasteiger charge is -2.36. The van der Waals surface area contributed by atoms with E-state index in [9.17, 15) is 0 Å². The number of para-hydroxylation sites is 1. The summed E-state index contributed by atoms with van der Waals surface area (Å²) in [5.74, 6) is 0. The number of anilines is 1. The minimum absolute atomic E-state index is 0.245. The first-order chi connectivity index (χ1) is 8.04. The molecule has 0 saturated heterocycles. The highest BCUT2D eigenvalue weighted by molar-refractivity contribution is 5.59. The molecular formula is C15H20N2. The number of hydrogen-bond donors (Lipinski definition) is 0. The molecule has 0 fully saturated rings. The van der Waals surface area contributed by atoms with Gasteiger partial charge >= 0.3 is 0 Å². The Bertz CT molecular complexity index is 437. The molecule has 0 N–H and O–H groups in total. The zero-order chi connectivity index (χ0) is 12.5. The molecule has 0 bridgehead atoms. The molecule has 1 heterocycles. The highest BCUT2D eigenvalue weighted by atomic mass is 15.2. The van der Waals surface area contributed by atoms with Crippen molar-refractivity contribution < 1.29 is 0 Å². The van der Waals surface area contributed by atoms with Crippen LogP contribution in [0.5, 0.6) is 0 Å². The van der Waals surface area contributed by atoms with Gasteiger partial charge in [-0.1, -0.05) is 39.0 Å². The Labute approximate surface area is 104 Å². The van der Waals surface area contributed by atoms with Crippen LogP contribution in [0.2, 0.25) is 0 Å². The molecule has 17 heavy (non-hydrogen) atoms. The van der Waals surface area contributed by atoms with Gasteiger partial charge in [-0.15, -0.1) is 0 Å². The molecule has 1 aromatic rings. The zero-order valence-corrected chi connectivity index (χ0v) is 10.9. The zero-order valence-electron chi connectivity index (χ0n) is 10.9.